The van der Waals surface area contributed by atoms with Crippen molar-refractivity contribution in [2.24, 2.45) is 0 Å². The van der Waals surface area contributed by atoms with Gasteiger partial charge in [0.25, 0.3) is 6.43 Å². The van der Waals surface area contributed by atoms with Crippen molar-refractivity contribution in [3.8, 4) is 5.75 Å². The number of ether oxygens (including phenoxy) is 1. The van der Waals surface area contributed by atoms with Gasteiger partial charge in [-0.05, 0) is 15.9 Å². The molecule has 14 heavy (non-hydrogen) atoms. The Hall–Kier alpha value is -0.750. The molecule has 1 heterocycles. The Kier molecular flexibility index (Phi) is 3.77. The molecule has 1 N–H and O–H groups in total. The van der Waals surface area contributed by atoms with Gasteiger partial charge in [0.05, 0.1) is 23.9 Å². The van der Waals surface area contributed by atoms with Gasteiger partial charge in [-0.25, -0.2) is 13.8 Å². The van der Waals surface area contributed by atoms with E-state index < -0.39 is 18.7 Å². The Morgan fingerprint density at radius 3 is 2.71 bits per heavy atom. The average molecular weight is 268 g/mol. The molecule has 0 atom stereocenters. The fraction of sp³-hybridized carbons (Fsp3) is 0.375. The highest BCUT2D eigenvalue weighted by Gasteiger charge is 2.18. The number of alkyl halides is 2. The fourth-order valence-electron chi connectivity index (χ4n) is 0.951. The Bertz CT molecular complexity index is 333. The van der Waals surface area contributed by atoms with Crippen molar-refractivity contribution in [2.75, 3.05) is 7.11 Å². The van der Waals surface area contributed by atoms with Gasteiger partial charge in [0, 0.05) is 6.07 Å². The lowest BCUT2D eigenvalue weighted by molar-refractivity contribution is 0.143. The third-order valence-electron chi connectivity index (χ3n) is 1.59. The topological polar surface area (TPSA) is 42.4 Å². The second-order valence-corrected chi connectivity index (χ2v) is 3.27. The van der Waals surface area contributed by atoms with Crippen molar-refractivity contribution in [3.05, 3.63) is 21.9 Å². The predicted octanol–water partition coefficient (Wildman–Crippen LogP) is 2.28. The van der Waals surface area contributed by atoms with Crippen LogP contribution in [0.2, 0.25) is 0 Å². The molecule has 0 bridgehead atoms. The van der Waals surface area contributed by atoms with Crippen LogP contribution in [-0.2, 0) is 6.61 Å². The van der Waals surface area contributed by atoms with Crippen LogP contribution in [0, 0.1) is 0 Å². The summed E-state index contributed by atoms with van der Waals surface area (Å²) in [5.41, 5.74) is -0.270. The molecule has 0 saturated heterocycles. The normalized spacial score (nSPS) is 10.7. The van der Waals surface area contributed by atoms with Crippen molar-refractivity contribution in [3.63, 3.8) is 0 Å². The number of aromatic nitrogens is 1. The summed E-state index contributed by atoms with van der Waals surface area (Å²) < 4.78 is 29.8. The summed E-state index contributed by atoms with van der Waals surface area (Å²) >= 11 is 2.96. The van der Waals surface area contributed by atoms with Gasteiger partial charge in [0.15, 0.2) is 0 Å². The lowest BCUT2D eigenvalue weighted by Gasteiger charge is -2.09. The maximum absolute atomic E-state index is 12.4. The second-order valence-electron chi connectivity index (χ2n) is 2.47. The van der Waals surface area contributed by atoms with Crippen LogP contribution in [0.5, 0.6) is 5.75 Å². The number of aliphatic hydroxyl groups is 1. The van der Waals surface area contributed by atoms with Gasteiger partial charge >= 0.3 is 0 Å². The van der Waals surface area contributed by atoms with E-state index in [4.69, 9.17) is 9.84 Å². The first-order valence-electron chi connectivity index (χ1n) is 3.72. The van der Waals surface area contributed by atoms with Crippen LogP contribution in [0.4, 0.5) is 8.78 Å². The van der Waals surface area contributed by atoms with E-state index in [9.17, 15) is 8.78 Å². The highest BCUT2D eigenvalue weighted by atomic mass is 79.9. The number of nitrogens with zero attached hydrogens (tertiary/aromatic N) is 1. The molecule has 0 spiro atoms. The number of methoxy groups -OCH3 is 1. The molecule has 1 aromatic rings. The van der Waals surface area contributed by atoms with E-state index in [0.29, 0.717) is 0 Å². The highest BCUT2D eigenvalue weighted by Crippen LogP contribution is 2.33. The van der Waals surface area contributed by atoms with Gasteiger partial charge < -0.3 is 9.84 Å². The molecule has 0 fully saturated rings. The van der Waals surface area contributed by atoms with Crippen LogP contribution < -0.4 is 4.74 Å². The molecule has 0 radical (unpaired) electrons. The standard InChI is InChI=1S/C8H8BrF2NO2/c1-14-5-2-4(3-13)12-7(6(5)9)8(10)11/h2,8,13H,3H2,1H3. The summed E-state index contributed by atoms with van der Waals surface area (Å²) in [6.45, 7) is -0.399. The zero-order valence-electron chi connectivity index (χ0n) is 7.30. The first kappa shape index (κ1) is 11.3. The van der Waals surface area contributed by atoms with E-state index in [-0.39, 0.29) is 15.9 Å². The zero-order valence-corrected chi connectivity index (χ0v) is 8.88. The van der Waals surface area contributed by atoms with E-state index in [1.54, 1.807) is 0 Å². The summed E-state index contributed by atoms with van der Waals surface area (Å²) in [7, 11) is 1.36. The zero-order chi connectivity index (χ0) is 10.7. The van der Waals surface area contributed by atoms with Gasteiger partial charge in [-0.3, -0.25) is 0 Å². The lowest BCUT2D eigenvalue weighted by Crippen LogP contribution is -2.00. The first-order chi connectivity index (χ1) is 6.60. The summed E-state index contributed by atoms with van der Waals surface area (Å²) in [6.07, 6.45) is -2.70. The summed E-state index contributed by atoms with van der Waals surface area (Å²) in [6, 6.07) is 1.40. The third kappa shape index (κ3) is 2.19. The first-order valence-corrected chi connectivity index (χ1v) is 4.51. The van der Waals surface area contributed by atoms with E-state index in [1.165, 1.54) is 13.2 Å². The largest absolute Gasteiger partial charge is 0.495 e. The molecule has 1 aromatic heterocycles. The SMILES string of the molecule is COc1cc(CO)nc(C(F)F)c1Br. The van der Waals surface area contributed by atoms with Gasteiger partial charge in [-0.15, -0.1) is 0 Å². The van der Waals surface area contributed by atoms with Crippen LogP contribution in [0.15, 0.2) is 10.5 Å². The smallest absolute Gasteiger partial charge is 0.281 e. The number of rotatable bonds is 3. The van der Waals surface area contributed by atoms with Crippen LogP contribution in [0.25, 0.3) is 0 Å². The van der Waals surface area contributed by atoms with Crippen molar-refractivity contribution in [1.82, 2.24) is 4.98 Å². The molecule has 0 aliphatic heterocycles. The van der Waals surface area contributed by atoms with Crippen LogP contribution in [-0.4, -0.2) is 17.2 Å². The van der Waals surface area contributed by atoms with Crippen molar-refractivity contribution >= 4 is 15.9 Å². The van der Waals surface area contributed by atoms with Crippen LogP contribution in [0.1, 0.15) is 17.8 Å². The van der Waals surface area contributed by atoms with Gasteiger partial charge in [-0.2, -0.15) is 0 Å². The minimum atomic E-state index is -2.70. The molecule has 0 aromatic carbocycles. The number of pyridine rings is 1. The molecular formula is C8H8BrF2NO2. The van der Waals surface area contributed by atoms with Crippen molar-refractivity contribution in [1.29, 1.82) is 0 Å². The Balaban J connectivity index is 3.27. The van der Waals surface area contributed by atoms with E-state index >= 15 is 0 Å². The minimum absolute atomic E-state index is 0.118. The quantitative estimate of drug-likeness (QED) is 0.914. The summed E-state index contributed by atoms with van der Waals surface area (Å²) in [5, 5.41) is 8.78. The molecule has 0 aliphatic rings. The molecule has 0 unspecified atom stereocenters. The number of halogens is 3. The minimum Gasteiger partial charge on any atom is -0.495 e. The lowest BCUT2D eigenvalue weighted by atomic mass is 10.3. The maximum atomic E-state index is 12.4. The summed E-state index contributed by atoms with van der Waals surface area (Å²) in [4.78, 5) is 3.57. The monoisotopic (exact) mass is 267 g/mol. The molecule has 1 rings (SSSR count). The molecule has 6 heteroatoms. The van der Waals surface area contributed by atoms with Crippen molar-refractivity contribution < 1.29 is 18.6 Å². The van der Waals surface area contributed by atoms with E-state index in [0.717, 1.165) is 0 Å². The van der Waals surface area contributed by atoms with Gasteiger partial charge in [0.1, 0.15) is 11.4 Å². The maximum Gasteiger partial charge on any atom is 0.281 e. The molecule has 0 aliphatic carbocycles. The molecule has 78 valence electrons. The van der Waals surface area contributed by atoms with Crippen LogP contribution in [0.3, 0.4) is 0 Å². The van der Waals surface area contributed by atoms with Crippen LogP contribution >= 0.6 is 15.9 Å². The Labute approximate surface area is 87.9 Å². The number of aliphatic hydroxyl groups excluding tert-OH is 1. The fourth-order valence-corrected chi connectivity index (χ4v) is 1.49. The third-order valence-corrected chi connectivity index (χ3v) is 2.39. The summed E-state index contributed by atoms with van der Waals surface area (Å²) in [5.74, 6) is 0.236. The van der Waals surface area contributed by atoms with E-state index in [2.05, 4.69) is 20.9 Å². The Morgan fingerprint density at radius 2 is 2.29 bits per heavy atom. The Morgan fingerprint density at radius 1 is 1.64 bits per heavy atom. The molecule has 0 saturated carbocycles. The second kappa shape index (κ2) is 4.65. The van der Waals surface area contributed by atoms with Gasteiger partial charge in [-0.1, -0.05) is 0 Å². The molecular weight excluding hydrogens is 260 g/mol. The molecule has 0 amide bonds. The number of hydrogen-bond acceptors (Lipinski definition) is 3. The highest BCUT2D eigenvalue weighted by molar-refractivity contribution is 9.10. The predicted molar refractivity (Wildman–Crippen MR) is 49.4 cm³/mol. The van der Waals surface area contributed by atoms with Crippen molar-refractivity contribution in [2.45, 2.75) is 13.0 Å². The van der Waals surface area contributed by atoms with Gasteiger partial charge in [0.2, 0.25) is 0 Å². The molecule has 3 nitrogen and oxygen atoms in total. The van der Waals surface area contributed by atoms with E-state index in [1.807, 2.05) is 0 Å². The average Bonchev–Trinajstić information content (AvgIpc) is 2.17. The number of hydrogen-bond donors (Lipinski definition) is 1.